The highest BCUT2D eigenvalue weighted by Gasteiger charge is 2.41. The summed E-state index contributed by atoms with van der Waals surface area (Å²) in [7, 11) is 0. The molecule has 5 aromatic rings. The van der Waals surface area contributed by atoms with Gasteiger partial charge in [0.2, 0.25) is 0 Å². The number of aromatic nitrogens is 3. The molecule has 1 fully saturated rings. The number of benzene rings is 3. The third-order valence-corrected chi connectivity index (χ3v) is 8.64. The molecule has 0 amide bonds. The Morgan fingerprint density at radius 1 is 0.935 bits per heavy atom. The number of rotatable bonds is 7. The quantitative estimate of drug-likeness (QED) is 0.185. The Balaban J connectivity index is 1.32. The second kappa shape index (κ2) is 12.7. The molecule has 9 nitrogen and oxygen atoms in total. The van der Waals surface area contributed by atoms with Gasteiger partial charge in [-0.05, 0) is 75.7 Å². The van der Waals surface area contributed by atoms with Crippen LogP contribution in [0.4, 0.5) is 0 Å². The van der Waals surface area contributed by atoms with Crippen molar-refractivity contribution < 1.29 is 23.8 Å². The van der Waals surface area contributed by atoms with E-state index < -0.39 is 30.4 Å². The number of carbonyl (C=O) groups excluding carboxylic acids is 2. The molecule has 0 aliphatic carbocycles. The zero-order valence-corrected chi connectivity index (χ0v) is 27.2. The molecule has 46 heavy (non-hydrogen) atoms. The topological polar surface area (TPSA) is 108 Å². The molecule has 0 spiro atoms. The van der Waals surface area contributed by atoms with Gasteiger partial charge in [-0.2, -0.15) is 0 Å². The first-order valence-electron chi connectivity index (χ1n) is 14.8. The fraction of sp³-hybridized carbons (Fsp3) is 0.257. The lowest BCUT2D eigenvalue weighted by Crippen LogP contribution is -2.32. The first kappa shape index (κ1) is 31.5. The Morgan fingerprint density at radius 2 is 1.57 bits per heavy atom. The number of halogens is 2. The van der Waals surface area contributed by atoms with Crippen LogP contribution >= 0.6 is 23.2 Å². The zero-order chi connectivity index (χ0) is 32.7. The molecule has 1 aliphatic heterocycles. The predicted octanol–water partition coefficient (Wildman–Crippen LogP) is 7.22. The van der Waals surface area contributed by atoms with Gasteiger partial charge in [-0.3, -0.25) is 9.98 Å². The van der Waals surface area contributed by atoms with Crippen LogP contribution in [-0.2, 0) is 14.2 Å². The molecule has 0 bridgehead atoms. The van der Waals surface area contributed by atoms with E-state index in [1.54, 1.807) is 54.0 Å². The van der Waals surface area contributed by atoms with Crippen molar-refractivity contribution in [1.29, 1.82) is 5.41 Å². The standard InChI is InChI=1S/C35H32Cl2N4O5/c1-19-5-9-23(10-6-19)34(42)44-18-29-28(46-35(43)24-11-7-20(2)8-12-24)16-30(45-29)40-17-21(3)31-32(38)41(22(4)39-33(31)40)27-14-13-25(36)15-26(27)37/h5-15,17,28-30,38H,16,18H2,1-4H3/t28-,29+,30+/m0/s1. The average Bonchev–Trinajstić information content (AvgIpc) is 3.57. The zero-order valence-electron chi connectivity index (χ0n) is 25.7. The summed E-state index contributed by atoms with van der Waals surface area (Å²) in [5.74, 6) is -0.467. The van der Waals surface area contributed by atoms with E-state index >= 15 is 0 Å². The number of ether oxygens (including phenoxy) is 3. The third kappa shape index (κ3) is 6.18. The van der Waals surface area contributed by atoms with Gasteiger partial charge in [0.25, 0.3) is 0 Å². The van der Waals surface area contributed by atoms with Crippen LogP contribution in [0.5, 0.6) is 0 Å². The molecular weight excluding hydrogens is 627 g/mol. The van der Waals surface area contributed by atoms with Crippen LogP contribution in [-0.4, -0.2) is 44.9 Å². The van der Waals surface area contributed by atoms with Gasteiger partial charge in [0.1, 0.15) is 42.0 Å². The molecule has 3 heterocycles. The first-order chi connectivity index (χ1) is 22.0. The van der Waals surface area contributed by atoms with Gasteiger partial charge >= 0.3 is 11.9 Å². The second-order valence-corrected chi connectivity index (χ2v) is 12.3. The summed E-state index contributed by atoms with van der Waals surface area (Å²) in [6.45, 7) is 7.44. The molecule has 1 N–H and O–H groups in total. The fourth-order valence-corrected chi connectivity index (χ4v) is 6.16. The van der Waals surface area contributed by atoms with Gasteiger partial charge in [-0.15, -0.1) is 0 Å². The molecule has 2 aromatic heterocycles. The molecule has 11 heteroatoms. The lowest BCUT2D eigenvalue weighted by Gasteiger charge is -2.19. The summed E-state index contributed by atoms with van der Waals surface area (Å²) >= 11 is 12.6. The molecule has 0 radical (unpaired) electrons. The Morgan fingerprint density at radius 3 is 2.20 bits per heavy atom. The molecular formula is C35H32Cl2N4O5. The van der Waals surface area contributed by atoms with Crippen molar-refractivity contribution in [3.05, 3.63) is 122 Å². The van der Waals surface area contributed by atoms with E-state index in [0.29, 0.717) is 43.7 Å². The van der Waals surface area contributed by atoms with Crippen LogP contribution < -0.4 is 5.49 Å². The van der Waals surface area contributed by atoms with E-state index in [1.807, 2.05) is 55.8 Å². The highest BCUT2D eigenvalue weighted by Crippen LogP contribution is 2.35. The monoisotopic (exact) mass is 658 g/mol. The Bertz CT molecular complexity index is 2020. The molecule has 1 aliphatic rings. The third-order valence-electron chi connectivity index (χ3n) is 8.10. The lowest BCUT2D eigenvalue weighted by atomic mass is 10.1. The molecule has 236 valence electrons. The van der Waals surface area contributed by atoms with Gasteiger partial charge in [0.05, 0.1) is 27.2 Å². The molecule has 6 rings (SSSR count). The number of aryl methyl sites for hydroxylation is 4. The summed E-state index contributed by atoms with van der Waals surface area (Å²) in [5.41, 5.74) is 5.00. The highest BCUT2D eigenvalue weighted by molar-refractivity contribution is 6.35. The van der Waals surface area contributed by atoms with Crippen molar-refractivity contribution >= 4 is 46.2 Å². The van der Waals surface area contributed by atoms with Crippen LogP contribution in [0.2, 0.25) is 10.0 Å². The normalized spacial score (nSPS) is 17.7. The highest BCUT2D eigenvalue weighted by atomic mass is 35.5. The number of esters is 2. The minimum Gasteiger partial charge on any atom is -0.459 e. The summed E-state index contributed by atoms with van der Waals surface area (Å²) in [6, 6.07) is 19.3. The van der Waals surface area contributed by atoms with Gasteiger partial charge in [0.15, 0.2) is 0 Å². The summed E-state index contributed by atoms with van der Waals surface area (Å²) in [5, 5.41) is 10.6. The number of hydrogen-bond donors (Lipinski definition) is 1. The van der Waals surface area contributed by atoms with Crippen molar-refractivity contribution in [2.45, 2.75) is 52.6 Å². The summed E-state index contributed by atoms with van der Waals surface area (Å²) in [4.78, 5) is 30.9. The Hall–Kier alpha value is -4.44. The van der Waals surface area contributed by atoms with Crippen molar-refractivity contribution in [3.63, 3.8) is 0 Å². The van der Waals surface area contributed by atoms with E-state index in [4.69, 9.17) is 47.8 Å². The summed E-state index contributed by atoms with van der Waals surface area (Å²) in [6.07, 6.45) is 0.0636. The predicted molar refractivity (Wildman–Crippen MR) is 175 cm³/mol. The maximum absolute atomic E-state index is 13.2. The Labute approximate surface area is 275 Å². The lowest BCUT2D eigenvalue weighted by molar-refractivity contribution is -0.0562. The second-order valence-electron chi connectivity index (χ2n) is 11.5. The fourth-order valence-electron chi connectivity index (χ4n) is 5.67. The van der Waals surface area contributed by atoms with E-state index in [0.717, 1.165) is 16.7 Å². The van der Waals surface area contributed by atoms with Crippen LogP contribution in [0.1, 0.15) is 55.9 Å². The van der Waals surface area contributed by atoms with Crippen molar-refractivity contribution in [2.75, 3.05) is 6.61 Å². The average molecular weight is 660 g/mol. The number of nitrogens with zero attached hydrogens (tertiary/aromatic N) is 3. The molecule has 3 aromatic carbocycles. The van der Waals surface area contributed by atoms with Crippen LogP contribution in [0, 0.1) is 33.1 Å². The van der Waals surface area contributed by atoms with Crippen molar-refractivity contribution in [1.82, 2.24) is 14.1 Å². The van der Waals surface area contributed by atoms with Crippen molar-refractivity contribution in [3.8, 4) is 5.69 Å². The summed E-state index contributed by atoms with van der Waals surface area (Å²) < 4.78 is 21.6. The number of fused-ring (bicyclic) bond motifs is 1. The smallest absolute Gasteiger partial charge is 0.338 e. The van der Waals surface area contributed by atoms with Crippen LogP contribution in [0.15, 0.2) is 72.9 Å². The molecule has 3 atom stereocenters. The van der Waals surface area contributed by atoms with E-state index in [-0.39, 0.29) is 18.5 Å². The molecule has 0 unspecified atom stereocenters. The van der Waals surface area contributed by atoms with Crippen LogP contribution in [0.25, 0.3) is 16.7 Å². The number of nitrogens with one attached hydrogen (secondary N) is 1. The van der Waals surface area contributed by atoms with E-state index in [9.17, 15) is 9.59 Å². The van der Waals surface area contributed by atoms with Gasteiger partial charge in [0, 0.05) is 17.6 Å². The van der Waals surface area contributed by atoms with E-state index in [1.165, 1.54) is 0 Å². The van der Waals surface area contributed by atoms with E-state index in [2.05, 4.69) is 0 Å². The minimum absolute atomic E-state index is 0.127. The SMILES string of the molecule is Cc1ccc(C(=O)OC[C@H]2O[C@@H](n3cc(C)c4c(=N)n(-c5ccc(Cl)cc5Cl)c(C)nc43)C[C@@H]2OC(=O)c2ccc(C)cc2)cc1. The maximum Gasteiger partial charge on any atom is 0.338 e. The molecule has 1 saturated heterocycles. The number of hydrogen-bond acceptors (Lipinski definition) is 7. The minimum atomic E-state index is -0.746. The van der Waals surface area contributed by atoms with Gasteiger partial charge in [-0.25, -0.2) is 14.6 Å². The largest absolute Gasteiger partial charge is 0.459 e. The van der Waals surface area contributed by atoms with Crippen molar-refractivity contribution in [2.24, 2.45) is 0 Å². The van der Waals surface area contributed by atoms with Crippen LogP contribution in [0.3, 0.4) is 0 Å². The number of carbonyl (C=O) groups is 2. The maximum atomic E-state index is 13.2. The van der Waals surface area contributed by atoms with Gasteiger partial charge in [-0.1, -0.05) is 58.6 Å². The molecule has 0 saturated carbocycles. The first-order valence-corrected chi connectivity index (χ1v) is 15.5. The Kier molecular flexibility index (Phi) is 8.74. The van der Waals surface area contributed by atoms with Gasteiger partial charge < -0.3 is 18.8 Å².